The second-order valence-corrected chi connectivity index (χ2v) is 7.63. The quantitative estimate of drug-likeness (QED) is 0.267. The fourth-order valence-electron chi connectivity index (χ4n) is 3.39. The van der Waals surface area contributed by atoms with Crippen molar-refractivity contribution in [3.8, 4) is 10.6 Å². The number of carbonyl (C=O) groups is 1. The summed E-state index contributed by atoms with van der Waals surface area (Å²) in [5.41, 5.74) is 2.23. The molecular weight excluding hydrogens is 499 g/mol. The lowest BCUT2D eigenvalue weighted by Crippen LogP contribution is -2.48. The maximum Gasteiger partial charge on any atom is 0.310 e. The number of rotatable bonds is 6. The van der Waals surface area contributed by atoms with Crippen LogP contribution in [-0.4, -0.2) is 55.1 Å². The third-order valence-corrected chi connectivity index (χ3v) is 5.73. The fourth-order valence-corrected chi connectivity index (χ4v) is 4.25. The summed E-state index contributed by atoms with van der Waals surface area (Å²) in [7, 11) is 1.78. The molecule has 0 unspecified atom stereocenters. The second-order valence-electron chi connectivity index (χ2n) is 6.77. The Bertz CT molecular complexity index is 797. The van der Waals surface area contributed by atoms with E-state index in [1.54, 1.807) is 18.4 Å². The second kappa shape index (κ2) is 12.1. The molecule has 1 fully saturated rings. The monoisotopic (exact) mass is 528 g/mol. The number of thiazole rings is 1. The van der Waals surface area contributed by atoms with Gasteiger partial charge in [-0.1, -0.05) is 30.3 Å². The molecule has 0 bridgehead atoms. The number of hydrogen-bond acceptors (Lipinski definition) is 5. The van der Waals surface area contributed by atoms with E-state index in [-0.39, 0.29) is 35.9 Å². The number of aliphatic imine (C=N–C) groups is 1. The molecule has 1 aliphatic rings. The van der Waals surface area contributed by atoms with E-state index in [0.29, 0.717) is 13.2 Å². The number of benzene rings is 1. The van der Waals surface area contributed by atoms with Crippen molar-refractivity contribution >= 4 is 47.2 Å². The van der Waals surface area contributed by atoms with Gasteiger partial charge in [-0.15, -0.1) is 35.3 Å². The number of piperidine rings is 1. The molecule has 0 radical (unpaired) electrons. The average molecular weight is 528 g/mol. The summed E-state index contributed by atoms with van der Waals surface area (Å²) >= 11 is 1.67. The topological polar surface area (TPSA) is 66.8 Å². The molecule has 1 N–H and O–H groups in total. The van der Waals surface area contributed by atoms with Crippen molar-refractivity contribution in [3.63, 3.8) is 0 Å². The Morgan fingerprint density at radius 2 is 2.17 bits per heavy atom. The van der Waals surface area contributed by atoms with E-state index in [9.17, 15) is 4.79 Å². The molecule has 2 heterocycles. The lowest BCUT2D eigenvalue weighted by atomic mass is 9.98. The average Bonchev–Trinajstić information content (AvgIpc) is 3.21. The fraction of sp³-hybridized carbons (Fsp3) is 0.476. The summed E-state index contributed by atoms with van der Waals surface area (Å²) in [5, 5.41) is 6.58. The van der Waals surface area contributed by atoms with Crippen LogP contribution in [0.1, 0.15) is 25.5 Å². The highest BCUT2D eigenvalue weighted by Gasteiger charge is 2.28. The molecule has 0 amide bonds. The molecule has 0 saturated carbocycles. The molecule has 0 spiro atoms. The van der Waals surface area contributed by atoms with Crippen LogP contribution in [0, 0.1) is 5.92 Å². The molecule has 158 valence electrons. The Labute approximate surface area is 193 Å². The third-order valence-electron chi connectivity index (χ3n) is 4.79. The lowest BCUT2D eigenvalue weighted by Gasteiger charge is -2.33. The molecule has 1 aromatic heterocycles. The van der Waals surface area contributed by atoms with Crippen LogP contribution < -0.4 is 5.32 Å². The Morgan fingerprint density at radius 1 is 1.38 bits per heavy atom. The van der Waals surface area contributed by atoms with Crippen molar-refractivity contribution in [3.05, 3.63) is 41.4 Å². The lowest BCUT2D eigenvalue weighted by molar-refractivity contribution is -0.149. The van der Waals surface area contributed by atoms with E-state index < -0.39 is 0 Å². The molecule has 3 rings (SSSR count). The van der Waals surface area contributed by atoms with E-state index in [2.05, 4.69) is 32.7 Å². The number of halogens is 1. The molecule has 1 atom stereocenters. The minimum absolute atomic E-state index is 0. The highest BCUT2D eigenvalue weighted by atomic mass is 127. The predicted molar refractivity (Wildman–Crippen MR) is 129 cm³/mol. The minimum Gasteiger partial charge on any atom is -0.466 e. The number of hydrogen-bond donors (Lipinski definition) is 1. The molecule has 2 aromatic rings. The Balaban J connectivity index is 0.00000300. The van der Waals surface area contributed by atoms with Gasteiger partial charge in [-0.05, 0) is 19.8 Å². The van der Waals surface area contributed by atoms with E-state index in [1.807, 2.05) is 25.1 Å². The zero-order valence-corrected chi connectivity index (χ0v) is 20.1. The van der Waals surface area contributed by atoms with Crippen LogP contribution in [0.25, 0.3) is 10.6 Å². The Morgan fingerprint density at radius 3 is 2.90 bits per heavy atom. The van der Waals surface area contributed by atoms with Crippen LogP contribution >= 0.6 is 35.3 Å². The van der Waals surface area contributed by atoms with Crippen LogP contribution in [0.5, 0.6) is 0 Å². The van der Waals surface area contributed by atoms with Crippen molar-refractivity contribution in [2.24, 2.45) is 10.9 Å². The highest BCUT2D eigenvalue weighted by molar-refractivity contribution is 14.0. The maximum atomic E-state index is 12.1. The molecule has 1 saturated heterocycles. The summed E-state index contributed by atoms with van der Waals surface area (Å²) in [4.78, 5) is 23.3. The number of carbonyl (C=O) groups excluding carboxylic acids is 1. The summed E-state index contributed by atoms with van der Waals surface area (Å²) in [5.74, 6) is 0.672. The first kappa shape index (κ1) is 23.6. The number of guanidine groups is 1. The Hall–Kier alpha value is -1.68. The predicted octanol–water partition coefficient (Wildman–Crippen LogP) is 3.82. The minimum atomic E-state index is -0.0985. The van der Waals surface area contributed by atoms with Gasteiger partial charge in [-0.3, -0.25) is 9.79 Å². The van der Waals surface area contributed by atoms with Crippen LogP contribution in [0.3, 0.4) is 0 Å². The van der Waals surface area contributed by atoms with Gasteiger partial charge in [0.1, 0.15) is 5.01 Å². The van der Waals surface area contributed by atoms with Crippen LogP contribution in [0.4, 0.5) is 0 Å². The largest absolute Gasteiger partial charge is 0.466 e. The number of esters is 1. The molecule has 1 aromatic carbocycles. The van der Waals surface area contributed by atoms with Gasteiger partial charge in [0.05, 0.1) is 18.2 Å². The standard InChI is InChI=1S/C21H28N4O2S.HI/c1-3-27-20(26)17-10-7-13-25(14-17)21(22-2)23-12-11-18-15-28-19(24-18)16-8-5-4-6-9-16;/h4-6,8-9,15,17H,3,7,10-14H2,1-2H3,(H,22,23);1H/t17-;/m0./s1. The van der Waals surface area contributed by atoms with Gasteiger partial charge in [0.25, 0.3) is 0 Å². The number of aromatic nitrogens is 1. The molecule has 8 heteroatoms. The van der Waals surface area contributed by atoms with E-state index in [1.165, 1.54) is 0 Å². The van der Waals surface area contributed by atoms with Gasteiger partial charge < -0.3 is 15.0 Å². The zero-order valence-electron chi connectivity index (χ0n) is 17.0. The van der Waals surface area contributed by atoms with Crippen molar-refractivity contribution in [1.29, 1.82) is 0 Å². The molecular formula is C21H29IN4O2S. The van der Waals surface area contributed by atoms with Gasteiger partial charge in [0, 0.05) is 44.0 Å². The van der Waals surface area contributed by atoms with E-state index in [0.717, 1.165) is 54.6 Å². The van der Waals surface area contributed by atoms with Crippen molar-refractivity contribution in [2.75, 3.05) is 33.3 Å². The van der Waals surface area contributed by atoms with E-state index >= 15 is 0 Å². The normalized spacial score (nSPS) is 16.8. The zero-order chi connectivity index (χ0) is 19.8. The van der Waals surface area contributed by atoms with E-state index in [4.69, 9.17) is 9.72 Å². The number of nitrogens with zero attached hydrogens (tertiary/aromatic N) is 3. The summed E-state index contributed by atoms with van der Waals surface area (Å²) in [6.45, 7) is 4.60. The highest BCUT2D eigenvalue weighted by Crippen LogP contribution is 2.23. The molecule has 29 heavy (non-hydrogen) atoms. The van der Waals surface area contributed by atoms with Crippen LogP contribution in [0.2, 0.25) is 0 Å². The van der Waals surface area contributed by atoms with Gasteiger partial charge in [0.2, 0.25) is 0 Å². The van der Waals surface area contributed by atoms with Crippen LogP contribution in [-0.2, 0) is 16.0 Å². The molecule has 6 nitrogen and oxygen atoms in total. The van der Waals surface area contributed by atoms with Crippen molar-refractivity contribution in [1.82, 2.24) is 15.2 Å². The summed E-state index contributed by atoms with van der Waals surface area (Å²) < 4.78 is 5.19. The van der Waals surface area contributed by atoms with Crippen LogP contribution in [0.15, 0.2) is 40.7 Å². The smallest absolute Gasteiger partial charge is 0.310 e. The Kier molecular flexibility index (Phi) is 9.86. The van der Waals surface area contributed by atoms with Gasteiger partial charge >= 0.3 is 5.97 Å². The van der Waals surface area contributed by atoms with Crippen molar-refractivity contribution < 1.29 is 9.53 Å². The first-order chi connectivity index (χ1) is 13.7. The van der Waals surface area contributed by atoms with Gasteiger partial charge in [-0.2, -0.15) is 0 Å². The van der Waals surface area contributed by atoms with Crippen molar-refractivity contribution in [2.45, 2.75) is 26.2 Å². The summed E-state index contributed by atoms with van der Waals surface area (Å²) in [6, 6.07) is 10.2. The SMILES string of the molecule is CCOC(=O)[C@H]1CCCN(C(=NC)NCCc2csc(-c3ccccc3)n2)C1.I. The first-order valence-corrected chi connectivity index (χ1v) is 10.7. The number of nitrogens with one attached hydrogen (secondary N) is 1. The third kappa shape index (κ3) is 6.67. The maximum absolute atomic E-state index is 12.1. The summed E-state index contributed by atoms with van der Waals surface area (Å²) in [6.07, 6.45) is 2.68. The number of likely N-dealkylation sites (tertiary alicyclic amines) is 1. The molecule has 1 aliphatic heterocycles. The first-order valence-electron chi connectivity index (χ1n) is 9.83. The van der Waals surface area contributed by atoms with Gasteiger partial charge in [0.15, 0.2) is 5.96 Å². The number of ether oxygens (including phenoxy) is 1. The molecule has 0 aliphatic carbocycles. The van der Waals surface area contributed by atoms with Gasteiger partial charge in [-0.25, -0.2) is 4.98 Å².